The number of carbonyl (C=O) groups is 1. The molecule has 4 nitrogen and oxygen atoms in total. The molecule has 0 spiro atoms. The van der Waals surface area contributed by atoms with Gasteiger partial charge in [0, 0.05) is 17.6 Å². The van der Waals surface area contributed by atoms with Crippen molar-refractivity contribution in [2.45, 2.75) is 12.5 Å². The van der Waals surface area contributed by atoms with Crippen molar-refractivity contribution < 1.29 is 14.3 Å². The van der Waals surface area contributed by atoms with Crippen molar-refractivity contribution in [2.24, 2.45) is 0 Å². The van der Waals surface area contributed by atoms with E-state index in [0.717, 1.165) is 0 Å². The summed E-state index contributed by atoms with van der Waals surface area (Å²) in [5, 5.41) is 12.6. The second-order valence-electron chi connectivity index (χ2n) is 5.04. The largest absolute Gasteiger partial charge is 0.387 e. The zero-order chi connectivity index (χ0) is 14.6. The quantitative estimate of drug-likeness (QED) is 0.861. The van der Waals surface area contributed by atoms with Crippen LogP contribution < -0.4 is 5.32 Å². The van der Waals surface area contributed by atoms with Gasteiger partial charge in [-0.2, -0.15) is 0 Å². The first-order valence-corrected chi connectivity index (χ1v) is 6.61. The minimum atomic E-state index is -1.07. The Morgan fingerprint density at radius 1 is 1.53 bits per heavy atom. The van der Waals surface area contributed by atoms with Crippen LogP contribution in [-0.2, 0) is 0 Å². The standard InChI is InChI=1S/C13H18BrFN2O2/c1-13(19,8-17(2)3)7-16-12(18)10-6-9(14)4-5-11(10)15/h4-6,19H,7-8H2,1-3H3,(H,16,18). The predicted octanol–water partition coefficient (Wildman–Crippen LogP) is 1.63. The van der Waals surface area contributed by atoms with Gasteiger partial charge < -0.3 is 15.3 Å². The third kappa shape index (κ3) is 5.26. The lowest BCUT2D eigenvalue weighted by molar-refractivity contribution is 0.0325. The maximum atomic E-state index is 13.5. The van der Waals surface area contributed by atoms with E-state index in [1.165, 1.54) is 18.2 Å². The number of carbonyl (C=O) groups excluding carboxylic acids is 1. The maximum Gasteiger partial charge on any atom is 0.254 e. The maximum absolute atomic E-state index is 13.5. The van der Waals surface area contributed by atoms with Crippen molar-refractivity contribution in [2.75, 3.05) is 27.2 Å². The zero-order valence-corrected chi connectivity index (χ0v) is 12.8. The van der Waals surface area contributed by atoms with E-state index in [4.69, 9.17) is 0 Å². The molecule has 0 radical (unpaired) electrons. The summed E-state index contributed by atoms with van der Waals surface area (Å²) in [6.07, 6.45) is 0. The van der Waals surface area contributed by atoms with Crippen LogP contribution in [0.3, 0.4) is 0 Å². The van der Waals surface area contributed by atoms with Crippen LogP contribution >= 0.6 is 15.9 Å². The van der Waals surface area contributed by atoms with Gasteiger partial charge in [-0.15, -0.1) is 0 Å². The number of aliphatic hydroxyl groups is 1. The topological polar surface area (TPSA) is 52.6 Å². The van der Waals surface area contributed by atoms with E-state index in [1.807, 2.05) is 19.0 Å². The molecular weight excluding hydrogens is 315 g/mol. The van der Waals surface area contributed by atoms with Crippen molar-refractivity contribution in [1.29, 1.82) is 0 Å². The van der Waals surface area contributed by atoms with E-state index in [0.29, 0.717) is 11.0 Å². The third-order valence-corrected chi connectivity index (χ3v) is 2.95. The Morgan fingerprint density at radius 2 is 2.16 bits per heavy atom. The minimum absolute atomic E-state index is 0.0463. The highest BCUT2D eigenvalue weighted by Crippen LogP contribution is 2.15. The molecule has 1 aromatic carbocycles. The van der Waals surface area contributed by atoms with Crippen molar-refractivity contribution >= 4 is 21.8 Å². The smallest absolute Gasteiger partial charge is 0.254 e. The molecule has 6 heteroatoms. The van der Waals surface area contributed by atoms with E-state index >= 15 is 0 Å². The molecule has 1 rings (SSSR count). The Labute approximate surface area is 120 Å². The number of rotatable bonds is 5. The van der Waals surface area contributed by atoms with Crippen molar-refractivity contribution in [3.8, 4) is 0 Å². The zero-order valence-electron chi connectivity index (χ0n) is 11.2. The first kappa shape index (κ1) is 16.1. The fourth-order valence-electron chi connectivity index (χ4n) is 1.77. The summed E-state index contributed by atoms with van der Waals surface area (Å²) in [5.74, 6) is -1.13. The van der Waals surface area contributed by atoms with Crippen LogP contribution in [-0.4, -0.2) is 48.7 Å². The summed E-state index contributed by atoms with van der Waals surface area (Å²) >= 11 is 3.19. The monoisotopic (exact) mass is 332 g/mol. The molecule has 0 aliphatic heterocycles. The van der Waals surface area contributed by atoms with Gasteiger partial charge in [0.2, 0.25) is 0 Å². The molecule has 0 heterocycles. The second-order valence-corrected chi connectivity index (χ2v) is 5.96. The number of likely N-dealkylation sites (N-methyl/N-ethyl adjacent to an activating group) is 1. The molecule has 0 saturated heterocycles. The number of halogens is 2. The van der Waals surface area contributed by atoms with Crippen LogP contribution in [0.25, 0.3) is 0 Å². The average molecular weight is 333 g/mol. The summed E-state index contributed by atoms with van der Waals surface area (Å²) in [7, 11) is 3.65. The first-order valence-electron chi connectivity index (χ1n) is 5.82. The van der Waals surface area contributed by atoms with Gasteiger partial charge in [-0.3, -0.25) is 4.79 Å². The van der Waals surface area contributed by atoms with Gasteiger partial charge in [-0.25, -0.2) is 4.39 Å². The van der Waals surface area contributed by atoms with Crippen LogP contribution in [0.1, 0.15) is 17.3 Å². The fraction of sp³-hybridized carbons (Fsp3) is 0.462. The van der Waals surface area contributed by atoms with Crippen LogP contribution in [0.5, 0.6) is 0 Å². The number of benzene rings is 1. The van der Waals surface area contributed by atoms with E-state index in [2.05, 4.69) is 21.2 Å². The highest BCUT2D eigenvalue weighted by Gasteiger charge is 2.23. The SMILES string of the molecule is CN(C)CC(C)(O)CNC(=O)c1cc(Br)ccc1F. The molecule has 106 valence electrons. The van der Waals surface area contributed by atoms with Gasteiger partial charge in [-0.05, 0) is 39.2 Å². The van der Waals surface area contributed by atoms with E-state index in [1.54, 1.807) is 6.92 Å². The van der Waals surface area contributed by atoms with Gasteiger partial charge in [0.15, 0.2) is 0 Å². The molecule has 1 unspecified atom stereocenters. The van der Waals surface area contributed by atoms with Gasteiger partial charge in [0.05, 0.1) is 11.2 Å². The van der Waals surface area contributed by atoms with Crippen LogP contribution in [0.2, 0.25) is 0 Å². The van der Waals surface area contributed by atoms with Crippen LogP contribution in [0.4, 0.5) is 4.39 Å². The number of nitrogens with zero attached hydrogens (tertiary/aromatic N) is 1. The molecule has 0 aromatic heterocycles. The van der Waals surface area contributed by atoms with Crippen molar-refractivity contribution in [3.63, 3.8) is 0 Å². The number of hydrogen-bond donors (Lipinski definition) is 2. The average Bonchev–Trinajstić information content (AvgIpc) is 2.27. The first-order chi connectivity index (χ1) is 8.71. The summed E-state index contributed by atoms with van der Waals surface area (Å²) in [6.45, 7) is 2.06. The Morgan fingerprint density at radius 3 is 2.74 bits per heavy atom. The molecule has 1 aromatic rings. The molecular formula is C13H18BrFN2O2. The van der Waals surface area contributed by atoms with E-state index in [-0.39, 0.29) is 12.1 Å². The van der Waals surface area contributed by atoms with Gasteiger partial charge in [0.1, 0.15) is 5.82 Å². The van der Waals surface area contributed by atoms with E-state index < -0.39 is 17.3 Å². The van der Waals surface area contributed by atoms with Gasteiger partial charge >= 0.3 is 0 Å². The molecule has 19 heavy (non-hydrogen) atoms. The predicted molar refractivity (Wildman–Crippen MR) is 75.6 cm³/mol. The van der Waals surface area contributed by atoms with Crippen LogP contribution in [0, 0.1) is 5.82 Å². The molecule has 1 atom stereocenters. The lowest BCUT2D eigenvalue weighted by atomic mass is 10.1. The summed E-state index contributed by atoms with van der Waals surface area (Å²) in [5.41, 5.74) is -1.11. The molecule has 1 amide bonds. The molecule has 2 N–H and O–H groups in total. The summed E-state index contributed by atoms with van der Waals surface area (Å²) < 4.78 is 14.1. The Bertz CT molecular complexity index is 464. The minimum Gasteiger partial charge on any atom is -0.387 e. The molecule has 0 fully saturated rings. The molecule has 0 aliphatic rings. The third-order valence-electron chi connectivity index (χ3n) is 2.46. The number of amides is 1. The summed E-state index contributed by atoms with van der Waals surface area (Å²) in [4.78, 5) is 13.7. The second kappa shape index (κ2) is 6.45. The Balaban J connectivity index is 2.68. The van der Waals surface area contributed by atoms with Gasteiger partial charge in [0.25, 0.3) is 5.91 Å². The number of nitrogens with one attached hydrogen (secondary N) is 1. The highest BCUT2D eigenvalue weighted by molar-refractivity contribution is 9.10. The molecule has 0 bridgehead atoms. The van der Waals surface area contributed by atoms with E-state index in [9.17, 15) is 14.3 Å². The molecule has 0 saturated carbocycles. The van der Waals surface area contributed by atoms with Crippen molar-refractivity contribution in [1.82, 2.24) is 10.2 Å². The lowest BCUT2D eigenvalue weighted by Crippen LogP contribution is -2.47. The van der Waals surface area contributed by atoms with Crippen molar-refractivity contribution in [3.05, 3.63) is 34.1 Å². The van der Waals surface area contributed by atoms with Gasteiger partial charge in [-0.1, -0.05) is 15.9 Å². The highest BCUT2D eigenvalue weighted by atomic mass is 79.9. The Hall–Kier alpha value is -0.980. The molecule has 0 aliphatic carbocycles. The normalized spacial score (nSPS) is 14.3. The lowest BCUT2D eigenvalue weighted by Gasteiger charge is -2.27. The fourth-order valence-corrected chi connectivity index (χ4v) is 2.14. The van der Waals surface area contributed by atoms with Crippen LogP contribution in [0.15, 0.2) is 22.7 Å². The number of hydrogen-bond acceptors (Lipinski definition) is 3. The Kier molecular flexibility index (Phi) is 5.46. The summed E-state index contributed by atoms with van der Waals surface area (Å²) in [6, 6.07) is 4.15.